The van der Waals surface area contributed by atoms with E-state index in [1.807, 2.05) is 6.92 Å². The predicted octanol–water partition coefficient (Wildman–Crippen LogP) is 2.63. The van der Waals surface area contributed by atoms with Crippen molar-refractivity contribution < 1.29 is 41.2 Å². The van der Waals surface area contributed by atoms with Crippen molar-refractivity contribution in [3.05, 3.63) is 0 Å². The minimum absolute atomic E-state index is 0.251. The number of alkyl carbamates (subject to hydrolysis) is 2. The number of hydrogen-bond donors (Lipinski definition) is 2. The Morgan fingerprint density at radius 2 is 1.09 bits per heavy atom. The Labute approximate surface area is 194 Å². The van der Waals surface area contributed by atoms with Gasteiger partial charge in [0, 0.05) is 54.7 Å². The molecular weight excluding hydrogens is 456 g/mol. The van der Waals surface area contributed by atoms with Gasteiger partial charge in [0.15, 0.2) is 0 Å². The first kappa shape index (κ1) is 30.8. The lowest BCUT2D eigenvalue weighted by molar-refractivity contribution is 0.121. The third-order valence-corrected chi connectivity index (χ3v) is 11.7. The summed E-state index contributed by atoms with van der Waals surface area (Å²) in [7, 11) is 3.27. The van der Waals surface area contributed by atoms with Crippen LogP contribution >= 0.6 is 0 Å². The van der Waals surface area contributed by atoms with Crippen molar-refractivity contribution in [2.45, 2.75) is 50.7 Å². The molecule has 0 unspecified atom stereocenters. The van der Waals surface area contributed by atoms with Gasteiger partial charge >= 0.3 is 29.6 Å². The van der Waals surface area contributed by atoms with Gasteiger partial charge in [0.05, 0.1) is 13.2 Å². The fraction of sp³-hybridized carbons (Fsp3) is 0.895. The zero-order chi connectivity index (χ0) is 24.3. The van der Waals surface area contributed by atoms with Crippen LogP contribution in [0.25, 0.3) is 0 Å². The second-order valence-electron chi connectivity index (χ2n) is 7.01. The second-order valence-corrected chi connectivity index (χ2v) is 13.9. The van der Waals surface area contributed by atoms with E-state index in [-0.39, 0.29) is 13.2 Å². The van der Waals surface area contributed by atoms with Crippen LogP contribution in [0.1, 0.15) is 32.6 Å². The molecule has 0 fully saturated rings. The van der Waals surface area contributed by atoms with E-state index < -0.39 is 29.6 Å². The fourth-order valence-electron chi connectivity index (χ4n) is 2.99. The summed E-state index contributed by atoms with van der Waals surface area (Å²) in [6.45, 7) is 3.50. The molecule has 0 aromatic heterocycles. The van der Waals surface area contributed by atoms with Crippen LogP contribution in [0.2, 0.25) is 18.1 Å². The van der Waals surface area contributed by atoms with Gasteiger partial charge in [-0.25, -0.2) is 9.59 Å². The first-order valence-corrected chi connectivity index (χ1v) is 15.1. The zero-order valence-corrected chi connectivity index (χ0v) is 22.5. The van der Waals surface area contributed by atoms with Gasteiger partial charge in [-0.05, 0) is 37.8 Å². The minimum atomic E-state index is -2.61. The van der Waals surface area contributed by atoms with Crippen molar-refractivity contribution in [2.75, 3.05) is 61.9 Å². The summed E-state index contributed by atoms with van der Waals surface area (Å²) in [5.74, 6) is 0. The monoisotopic (exact) mass is 498 g/mol. The molecule has 0 saturated carbocycles. The van der Waals surface area contributed by atoms with Crippen LogP contribution in [0.3, 0.4) is 0 Å². The first-order chi connectivity index (χ1) is 15.4. The van der Waals surface area contributed by atoms with Crippen molar-refractivity contribution >= 4 is 29.6 Å². The first-order valence-electron chi connectivity index (χ1n) is 10.9. The number of unbranched alkanes of at least 4 members (excludes halogenated alkanes) is 1. The highest BCUT2D eigenvalue weighted by atomic mass is 28.4. The Hall–Kier alpha value is -1.23. The molecule has 0 bridgehead atoms. The molecule has 0 rings (SSSR count). The van der Waals surface area contributed by atoms with Crippen molar-refractivity contribution in [3.63, 3.8) is 0 Å². The molecule has 0 heterocycles. The van der Waals surface area contributed by atoms with Crippen molar-refractivity contribution in [2.24, 2.45) is 0 Å². The molecular formula is C19H42N2O9Si2. The highest BCUT2D eigenvalue weighted by Crippen LogP contribution is 2.18. The van der Waals surface area contributed by atoms with Gasteiger partial charge in [0.25, 0.3) is 0 Å². The maximum absolute atomic E-state index is 11.7. The molecule has 2 amide bonds. The molecule has 2 N–H and O–H groups in total. The molecule has 0 radical (unpaired) electrons. The van der Waals surface area contributed by atoms with Crippen LogP contribution in [-0.4, -0.2) is 91.4 Å². The molecule has 0 aromatic rings. The molecule has 190 valence electrons. The number of nitrogens with one attached hydrogen (secondary N) is 2. The number of rotatable bonds is 19. The lowest BCUT2D eigenvalue weighted by atomic mass is 10.3. The van der Waals surface area contributed by atoms with Gasteiger partial charge in [-0.1, -0.05) is 6.92 Å². The molecule has 0 aliphatic rings. The summed E-state index contributed by atoms with van der Waals surface area (Å²) in [5.41, 5.74) is 0. The van der Waals surface area contributed by atoms with E-state index in [2.05, 4.69) is 10.6 Å². The normalized spacial score (nSPS) is 11.8. The zero-order valence-electron chi connectivity index (χ0n) is 20.5. The van der Waals surface area contributed by atoms with E-state index in [4.69, 9.17) is 31.6 Å². The van der Waals surface area contributed by atoms with E-state index in [0.29, 0.717) is 38.4 Å². The minimum Gasteiger partial charge on any atom is -0.450 e. The Kier molecular flexibility index (Phi) is 17.5. The van der Waals surface area contributed by atoms with E-state index in [0.717, 1.165) is 18.5 Å². The van der Waals surface area contributed by atoms with E-state index in [1.54, 1.807) is 35.5 Å². The van der Waals surface area contributed by atoms with Gasteiger partial charge in [-0.2, -0.15) is 0 Å². The van der Waals surface area contributed by atoms with Crippen molar-refractivity contribution in [3.8, 4) is 0 Å². The highest BCUT2D eigenvalue weighted by molar-refractivity contribution is 6.67. The standard InChI is InChI=1S/C19H42N2O9Si2/c1-7-31(24-2,25-3)16-10-12-20-18(22)29-14-8-9-15-30-19(23)21-13-11-17-32(26-4,27-5)28-6/h7-17H2,1-6H3,(H,20,22)(H,21,23). The van der Waals surface area contributed by atoms with Crippen LogP contribution < -0.4 is 10.6 Å². The Morgan fingerprint density at radius 1 is 0.656 bits per heavy atom. The number of hydrogen-bond acceptors (Lipinski definition) is 9. The molecule has 11 nitrogen and oxygen atoms in total. The molecule has 0 aliphatic heterocycles. The third kappa shape index (κ3) is 12.7. The highest BCUT2D eigenvalue weighted by Gasteiger charge is 2.36. The lowest BCUT2D eigenvalue weighted by Crippen LogP contribution is -2.43. The van der Waals surface area contributed by atoms with Gasteiger partial charge in [-0.15, -0.1) is 0 Å². The van der Waals surface area contributed by atoms with Crippen molar-refractivity contribution in [1.29, 1.82) is 0 Å². The molecule has 13 heteroatoms. The average Bonchev–Trinajstić information content (AvgIpc) is 2.82. The van der Waals surface area contributed by atoms with Crippen LogP contribution in [0.4, 0.5) is 9.59 Å². The maximum Gasteiger partial charge on any atom is 0.500 e. The average molecular weight is 499 g/mol. The molecule has 0 aromatic carbocycles. The Bertz CT molecular complexity index is 447. The summed E-state index contributed by atoms with van der Waals surface area (Å²) in [5, 5.41) is 5.39. The van der Waals surface area contributed by atoms with E-state index in [9.17, 15) is 9.59 Å². The van der Waals surface area contributed by atoms with Gasteiger partial charge in [-0.3, -0.25) is 0 Å². The maximum atomic E-state index is 11.7. The van der Waals surface area contributed by atoms with Crippen LogP contribution in [0.15, 0.2) is 0 Å². The molecule has 0 aliphatic carbocycles. The van der Waals surface area contributed by atoms with Crippen LogP contribution in [0, 0.1) is 0 Å². The molecule has 0 spiro atoms. The van der Waals surface area contributed by atoms with Gasteiger partial charge in [0.1, 0.15) is 0 Å². The van der Waals surface area contributed by atoms with Gasteiger partial charge in [0.2, 0.25) is 0 Å². The Morgan fingerprint density at radius 3 is 1.47 bits per heavy atom. The number of carbonyl (C=O) groups excluding carboxylic acids is 2. The van der Waals surface area contributed by atoms with Crippen molar-refractivity contribution in [1.82, 2.24) is 10.6 Å². The number of ether oxygens (including phenoxy) is 2. The fourth-order valence-corrected chi connectivity index (χ4v) is 6.93. The molecule has 32 heavy (non-hydrogen) atoms. The van der Waals surface area contributed by atoms with E-state index >= 15 is 0 Å². The van der Waals surface area contributed by atoms with E-state index in [1.165, 1.54) is 0 Å². The smallest absolute Gasteiger partial charge is 0.450 e. The quantitative estimate of drug-likeness (QED) is 0.204. The van der Waals surface area contributed by atoms with Crippen LogP contribution in [0.5, 0.6) is 0 Å². The Balaban J connectivity index is 3.70. The summed E-state index contributed by atoms with van der Waals surface area (Å²) in [6.07, 6.45) is 1.68. The summed E-state index contributed by atoms with van der Waals surface area (Å²) >= 11 is 0. The largest absolute Gasteiger partial charge is 0.500 e. The second kappa shape index (κ2) is 18.2. The summed E-state index contributed by atoms with van der Waals surface area (Å²) in [6, 6.07) is 2.27. The third-order valence-electron chi connectivity index (χ3n) is 5.15. The summed E-state index contributed by atoms with van der Waals surface area (Å²) < 4.78 is 37.2. The predicted molar refractivity (Wildman–Crippen MR) is 124 cm³/mol. The molecule has 0 atom stereocenters. The number of amides is 2. The SMILES string of the molecule is CC[Si](CCCNC(=O)OCCCCOC(=O)NCCC[Si](OC)(OC)OC)(OC)OC. The number of carbonyl (C=O) groups is 2. The topological polar surface area (TPSA) is 123 Å². The van der Waals surface area contributed by atoms with Crippen LogP contribution in [-0.2, 0) is 31.6 Å². The molecule has 0 saturated heterocycles. The lowest BCUT2D eigenvalue weighted by Gasteiger charge is -2.25. The summed E-state index contributed by atoms with van der Waals surface area (Å²) in [4.78, 5) is 23.4. The van der Waals surface area contributed by atoms with Gasteiger partial charge < -0.3 is 42.2 Å².